The van der Waals surface area contributed by atoms with Gasteiger partial charge in [-0.05, 0) is 18.2 Å². The number of hydrogen-bond acceptors (Lipinski definition) is 2. The largest absolute Gasteiger partial charge is 0.361 e. The lowest BCUT2D eigenvalue weighted by Gasteiger charge is -2.16. The Morgan fingerprint density at radius 3 is 2.69 bits per heavy atom. The summed E-state index contributed by atoms with van der Waals surface area (Å²) in [6, 6.07) is 4.85. The van der Waals surface area contributed by atoms with Crippen LogP contribution in [0.25, 0.3) is 0 Å². The minimum atomic E-state index is -1.02. The summed E-state index contributed by atoms with van der Waals surface area (Å²) in [6.45, 7) is 9.82. The molecule has 0 fully saturated rings. The van der Waals surface area contributed by atoms with E-state index in [9.17, 15) is 4.79 Å². The van der Waals surface area contributed by atoms with E-state index in [0.717, 1.165) is 12.7 Å². The van der Waals surface area contributed by atoms with Crippen LogP contribution < -0.4 is 0 Å². The highest BCUT2D eigenvalue weighted by Gasteiger charge is 2.12. The van der Waals surface area contributed by atoms with Crippen LogP contribution in [0.3, 0.4) is 0 Å². The van der Waals surface area contributed by atoms with E-state index in [-0.39, 0.29) is 5.78 Å². The second-order valence-electron chi connectivity index (χ2n) is 5.27. The van der Waals surface area contributed by atoms with E-state index in [4.69, 9.17) is 4.74 Å². The maximum absolute atomic E-state index is 11.2. The standard InChI is InChI=1S/C12H21NO2Si/c1-11(14)12-6-5-7-13(12)10-15-8-9-16(2,3)4/h5-7H,8-10H2,1-4H3. The molecule has 1 aromatic heterocycles. The van der Waals surface area contributed by atoms with Gasteiger partial charge in [-0.15, -0.1) is 0 Å². The van der Waals surface area contributed by atoms with Gasteiger partial charge in [-0.25, -0.2) is 0 Å². The fraction of sp³-hybridized carbons (Fsp3) is 0.583. The molecule has 0 unspecified atom stereocenters. The predicted molar refractivity (Wildman–Crippen MR) is 68.5 cm³/mol. The SMILES string of the molecule is CC(=O)c1cccn1COCC[Si](C)(C)C. The van der Waals surface area contributed by atoms with Gasteiger partial charge in [0, 0.05) is 27.8 Å². The maximum Gasteiger partial charge on any atom is 0.176 e. The van der Waals surface area contributed by atoms with Crippen molar-refractivity contribution in [1.82, 2.24) is 4.57 Å². The van der Waals surface area contributed by atoms with Gasteiger partial charge in [-0.1, -0.05) is 19.6 Å². The fourth-order valence-electron chi connectivity index (χ4n) is 1.39. The minimum absolute atomic E-state index is 0.0822. The van der Waals surface area contributed by atoms with Crippen molar-refractivity contribution in [2.75, 3.05) is 6.61 Å². The highest BCUT2D eigenvalue weighted by atomic mass is 28.3. The number of ketones is 1. The molecule has 1 heterocycles. The number of aromatic nitrogens is 1. The van der Waals surface area contributed by atoms with Crippen molar-refractivity contribution in [3.05, 3.63) is 24.0 Å². The summed E-state index contributed by atoms with van der Waals surface area (Å²) in [5, 5.41) is 0. The third kappa shape index (κ3) is 4.33. The average Bonchev–Trinajstić information content (AvgIpc) is 2.58. The zero-order valence-corrected chi connectivity index (χ0v) is 11.6. The lowest BCUT2D eigenvalue weighted by atomic mass is 10.3. The van der Waals surface area contributed by atoms with Crippen molar-refractivity contribution in [2.24, 2.45) is 0 Å². The molecule has 0 saturated heterocycles. The first-order valence-electron chi connectivity index (χ1n) is 5.64. The summed E-state index contributed by atoms with van der Waals surface area (Å²) in [7, 11) is -1.02. The predicted octanol–water partition coefficient (Wildman–Crippen LogP) is 3.00. The number of rotatable bonds is 6. The third-order valence-electron chi connectivity index (χ3n) is 2.42. The molecule has 0 atom stereocenters. The second kappa shape index (κ2) is 5.45. The molecular formula is C12H21NO2Si. The van der Waals surface area contributed by atoms with Gasteiger partial charge in [0.2, 0.25) is 0 Å². The third-order valence-corrected chi connectivity index (χ3v) is 4.12. The molecule has 16 heavy (non-hydrogen) atoms. The summed E-state index contributed by atoms with van der Waals surface area (Å²) >= 11 is 0. The molecule has 0 spiro atoms. The first-order chi connectivity index (χ1) is 7.40. The van der Waals surface area contributed by atoms with Gasteiger partial charge in [0.05, 0.1) is 5.69 Å². The number of Topliss-reactive ketones (excluding diaryl/α,β-unsaturated/α-hetero) is 1. The first kappa shape index (κ1) is 13.2. The summed E-state index contributed by atoms with van der Waals surface area (Å²) in [5.41, 5.74) is 0.716. The topological polar surface area (TPSA) is 31.2 Å². The van der Waals surface area contributed by atoms with Crippen LogP contribution in [0, 0.1) is 0 Å². The first-order valence-corrected chi connectivity index (χ1v) is 9.35. The van der Waals surface area contributed by atoms with E-state index < -0.39 is 8.07 Å². The van der Waals surface area contributed by atoms with E-state index in [0.29, 0.717) is 12.4 Å². The fourth-order valence-corrected chi connectivity index (χ4v) is 2.14. The van der Waals surface area contributed by atoms with Gasteiger partial charge in [-0.3, -0.25) is 4.79 Å². The van der Waals surface area contributed by atoms with E-state index in [1.165, 1.54) is 0 Å². The second-order valence-corrected chi connectivity index (χ2v) is 10.9. The zero-order valence-electron chi connectivity index (χ0n) is 10.6. The summed E-state index contributed by atoms with van der Waals surface area (Å²) < 4.78 is 7.44. The lowest BCUT2D eigenvalue weighted by molar-refractivity contribution is 0.0813. The molecule has 0 bridgehead atoms. The molecule has 0 N–H and O–H groups in total. The highest BCUT2D eigenvalue weighted by molar-refractivity contribution is 6.76. The lowest BCUT2D eigenvalue weighted by Crippen LogP contribution is -2.22. The van der Waals surface area contributed by atoms with E-state index >= 15 is 0 Å². The van der Waals surface area contributed by atoms with Crippen molar-refractivity contribution in [3.8, 4) is 0 Å². The van der Waals surface area contributed by atoms with Crippen molar-refractivity contribution in [2.45, 2.75) is 39.3 Å². The molecule has 3 nitrogen and oxygen atoms in total. The molecule has 4 heteroatoms. The van der Waals surface area contributed by atoms with Crippen LogP contribution >= 0.6 is 0 Å². The van der Waals surface area contributed by atoms with Gasteiger partial charge in [0.25, 0.3) is 0 Å². The number of ether oxygens (including phenoxy) is 1. The molecule has 1 rings (SSSR count). The zero-order chi connectivity index (χ0) is 12.2. The summed E-state index contributed by atoms with van der Waals surface area (Å²) in [5.74, 6) is 0.0822. The quantitative estimate of drug-likeness (QED) is 0.434. The van der Waals surface area contributed by atoms with E-state index in [1.807, 2.05) is 22.9 Å². The van der Waals surface area contributed by atoms with Crippen LogP contribution in [-0.2, 0) is 11.5 Å². The molecule has 0 aromatic carbocycles. The maximum atomic E-state index is 11.2. The highest BCUT2D eigenvalue weighted by Crippen LogP contribution is 2.09. The molecule has 90 valence electrons. The van der Waals surface area contributed by atoms with E-state index in [2.05, 4.69) is 19.6 Å². The van der Waals surface area contributed by atoms with E-state index in [1.54, 1.807) is 6.92 Å². The van der Waals surface area contributed by atoms with Gasteiger partial charge in [-0.2, -0.15) is 0 Å². The number of carbonyl (C=O) groups is 1. The monoisotopic (exact) mass is 239 g/mol. The molecular weight excluding hydrogens is 218 g/mol. The van der Waals surface area contributed by atoms with Gasteiger partial charge >= 0.3 is 0 Å². The Balaban J connectivity index is 2.38. The van der Waals surface area contributed by atoms with Crippen LogP contribution in [0.4, 0.5) is 0 Å². The van der Waals surface area contributed by atoms with Gasteiger partial charge in [0.1, 0.15) is 6.73 Å². The Bertz CT molecular complexity index is 352. The van der Waals surface area contributed by atoms with Crippen LogP contribution in [-0.4, -0.2) is 25.0 Å². The Labute approximate surface area is 98.4 Å². The summed E-state index contributed by atoms with van der Waals surface area (Å²) in [6.07, 6.45) is 1.88. The Morgan fingerprint density at radius 2 is 2.12 bits per heavy atom. The Morgan fingerprint density at radius 1 is 1.44 bits per heavy atom. The Kier molecular flexibility index (Phi) is 4.50. The van der Waals surface area contributed by atoms with Crippen molar-refractivity contribution in [3.63, 3.8) is 0 Å². The molecule has 0 aliphatic rings. The molecule has 0 saturated carbocycles. The van der Waals surface area contributed by atoms with Crippen LogP contribution in [0.2, 0.25) is 25.7 Å². The number of carbonyl (C=O) groups excluding carboxylic acids is 1. The Hall–Kier alpha value is -0.873. The van der Waals surface area contributed by atoms with Crippen LogP contribution in [0.1, 0.15) is 17.4 Å². The van der Waals surface area contributed by atoms with Crippen LogP contribution in [0.5, 0.6) is 0 Å². The molecule has 0 amide bonds. The molecule has 0 radical (unpaired) electrons. The normalized spacial score (nSPS) is 11.8. The smallest absolute Gasteiger partial charge is 0.176 e. The van der Waals surface area contributed by atoms with Gasteiger partial charge < -0.3 is 9.30 Å². The molecule has 0 aliphatic carbocycles. The van der Waals surface area contributed by atoms with Crippen molar-refractivity contribution < 1.29 is 9.53 Å². The van der Waals surface area contributed by atoms with Crippen molar-refractivity contribution >= 4 is 13.9 Å². The molecule has 0 aliphatic heterocycles. The number of hydrogen-bond donors (Lipinski definition) is 0. The van der Waals surface area contributed by atoms with Crippen LogP contribution in [0.15, 0.2) is 18.3 Å². The summed E-state index contributed by atoms with van der Waals surface area (Å²) in [4.78, 5) is 11.2. The average molecular weight is 239 g/mol. The van der Waals surface area contributed by atoms with Gasteiger partial charge in [0.15, 0.2) is 5.78 Å². The molecule has 1 aromatic rings. The number of nitrogens with zero attached hydrogens (tertiary/aromatic N) is 1. The minimum Gasteiger partial charge on any atom is -0.361 e. The van der Waals surface area contributed by atoms with Crippen molar-refractivity contribution in [1.29, 1.82) is 0 Å².